The minimum Gasteiger partial charge on any atom is -0.383 e. The summed E-state index contributed by atoms with van der Waals surface area (Å²) >= 11 is 0. The number of nitrogens with zero attached hydrogens (tertiary/aromatic N) is 2. The van der Waals surface area contributed by atoms with Crippen molar-refractivity contribution in [2.75, 3.05) is 53.0 Å². The summed E-state index contributed by atoms with van der Waals surface area (Å²) in [6.07, 6.45) is 2.33. The number of ether oxygens (including phenoxy) is 1. The number of rotatable bonds is 6. The molecule has 2 aliphatic rings. The molecule has 0 atom stereocenters. The van der Waals surface area contributed by atoms with Crippen LogP contribution >= 0.6 is 0 Å². The molecule has 1 heterocycles. The molecule has 0 unspecified atom stereocenters. The molecule has 0 aromatic heterocycles. The van der Waals surface area contributed by atoms with E-state index >= 15 is 0 Å². The first-order valence-electron chi connectivity index (χ1n) is 6.51. The van der Waals surface area contributed by atoms with Gasteiger partial charge in [-0.25, -0.2) is 0 Å². The number of methoxy groups -OCH3 is 1. The first-order chi connectivity index (χ1) is 8.28. The molecule has 5 heteroatoms. The zero-order valence-electron chi connectivity index (χ0n) is 10.7. The van der Waals surface area contributed by atoms with Crippen molar-refractivity contribution < 1.29 is 9.53 Å². The van der Waals surface area contributed by atoms with Crippen molar-refractivity contribution in [1.82, 2.24) is 15.1 Å². The van der Waals surface area contributed by atoms with Crippen LogP contribution in [0.15, 0.2) is 0 Å². The first kappa shape index (κ1) is 12.8. The Balaban J connectivity index is 1.59. The highest BCUT2D eigenvalue weighted by Crippen LogP contribution is 2.18. The number of carbonyl (C=O) groups excluding carboxylic acids is 1. The second-order valence-electron chi connectivity index (χ2n) is 4.95. The maximum absolute atomic E-state index is 11.6. The van der Waals surface area contributed by atoms with Gasteiger partial charge in [-0.15, -0.1) is 0 Å². The average Bonchev–Trinajstić information content (AvgIpc) is 3.12. The van der Waals surface area contributed by atoms with Gasteiger partial charge in [-0.2, -0.15) is 0 Å². The van der Waals surface area contributed by atoms with Crippen molar-refractivity contribution in [3.05, 3.63) is 0 Å². The predicted molar refractivity (Wildman–Crippen MR) is 65.9 cm³/mol. The molecule has 5 nitrogen and oxygen atoms in total. The number of nitrogens with one attached hydrogen (secondary N) is 1. The van der Waals surface area contributed by atoms with Gasteiger partial charge in [0.1, 0.15) is 0 Å². The van der Waals surface area contributed by atoms with E-state index in [2.05, 4.69) is 15.1 Å². The fraction of sp³-hybridized carbons (Fsp3) is 0.917. The van der Waals surface area contributed by atoms with Gasteiger partial charge in [-0.3, -0.25) is 14.6 Å². The van der Waals surface area contributed by atoms with Crippen LogP contribution in [-0.2, 0) is 9.53 Å². The topological polar surface area (TPSA) is 44.8 Å². The van der Waals surface area contributed by atoms with Crippen molar-refractivity contribution in [2.24, 2.45) is 0 Å². The lowest BCUT2D eigenvalue weighted by Crippen LogP contribution is -2.50. The Bertz CT molecular complexity index is 248. The smallest absolute Gasteiger partial charge is 0.234 e. The Hall–Kier alpha value is -0.650. The van der Waals surface area contributed by atoms with E-state index in [4.69, 9.17) is 4.74 Å². The van der Waals surface area contributed by atoms with Crippen LogP contribution in [0.1, 0.15) is 12.8 Å². The molecule has 0 spiro atoms. The molecule has 17 heavy (non-hydrogen) atoms. The Morgan fingerprint density at radius 3 is 2.47 bits per heavy atom. The lowest BCUT2D eigenvalue weighted by Gasteiger charge is -2.34. The van der Waals surface area contributed by atoms with E-state index in [9.17, 15) is 4.79 Å². The third-order valence-corrected chi connectivity index (χ3v) is 3.39. The summed E-state index contributed by atoms with van der Waals surface area (Å²) in [5.74, 6) is 0.192. The van der Waals surface area contributed by atoms with Gasteiger partial charge >= 0.3 is 0 Å². The van der Waals surface area contributed by atoms with E-state index in [1.54, 1.807) is 7.11 Å². The molecule has 0 aromatic rings. The van der Waals surface area contributed by atoms with Crippen molar-refractivity contribution in [3.63, 3.8) is 0 Å². The molecule has 2 rings (SSSR count). The number of hydrogen-bond acceptors (Lipinski definition) is 4. The molecule has 98 valence electrons. The Kier molecular flexibility index (Phi) is 4.76. The van der Waals surface area contributed by atoms with Gasteiger partial charge in [-0.1, -0.05) is 0 Å². The number of piperazine rings is 1. The highest BCUT2D eigenvalue weighted by Gasteiger charge is 2.25. The van der Waals surface area contributed by atoms with Gasteiger partial charge in [-0.05, 0) is 12.8 Å². The fourth-order valence-electron chi connectivity index (χ4n) is 2.10. The summed E-state index contributed by atoms with van der Waals surface area (Å²) in [5, 5.41) is 3.03. The third-order valence-electron chi connectivity index (χ3n) is 3.39. The molecular formula is C12H23N3O2. The van der Waals surface area contributed by atoms with Crippen LogP contribution in [0, 0.1) is 0 Å². The number of amides is 1. The van der Waals surface area contributed by atoms with E-state index in [-0.39, 0.29) is 5.91 Å². The van der Waals surface area contributed by atoms with E-state index in [1.807, 2.05) is 0 Å². The summed E-state index contributed by atoms with van der Waals surface area (Å²) in [7, 11) is 1.73. The second kappa shape index (κ2) is 6.33. The molecule has 1 amide bonds. The van der Waals surface area contributed by atoms with Crippen LogP contribution in [0.25, 0.3) is 0 Å². The lowest BCUT2D eigenvalue weighted by molar-refractivity contribution is -0.122. The highest BCUT2D eigenvalue weighted by atomic mass is 16.5. The van der Waals surface area contributed by atoms with E-state index in [1.165, 1.54) is 0 Å². The van der Waals surface area contributed by atoms with E-state index in [0.29, 0.717) is 12.6 Å². The van der Waals surface area contributed by atoms with Crippen LogP contribution in [-0.4, -0.2) is 74.7 Å². The Morgan fingerprint density at radius 1 is 1.24 bits per heavy atom. The summed E-state index contributed by atoms with van der Waals surface area (Å²) in [6, 6.07) is 0.477. The van der Waals surface area contributed by atoms with Crippen molar-refractivity contribution >= 4 is 5.91 Å². The SMILES string of the molecule is COCCN1CCN(CC(=O)NC2CC2)CC1. The summed E-state index contributed by atoms with van der Waals surface area (Å²) in [6.45, 7) is 6.42. The van der Waals surface area contributed by atoms with Crippen molar-refractivity contribution in [2.45, 2.75) is 18.9 Å². The van der Waals surface area contributed by atoms with Crippen molar-refractivity contribution in [3.8, 4) is 0 Å². The molecule has 1 aliphatic heterocycles. The normalized spacial score (nSPS) is 22.6. The zero-order chi connectivity index (χ0) is 12.1. The minimum absolute atomic E-state index is 0.192. The number of carbonyl (C=O) groups is 1. The quantitative estimate of drug-likeness (QED) is 0.683. The van der Waals surface area contributed by atoms with E-state index in [0.717, 1.165) is 52.2 Å². The average molecular weight is 241 g/mol. The van der Waals surface area contributed by atoms with Crippen LogP contribution in [0.4, 0.5) is 0 Å². The molecule has 1 saturated carbocycles. The van der Waals surface area contributed by atoms with Gasteiger partial charge in [0.25, 0.3) is 0 Å². The van der Waals surface area contributed by atoms with Gasteiger partial charge < -0.3 is 10.1 Å². The standard InChI is InChI=1S/C12H23N3O2/c1-17-9-8-14-4-6-15(7-5-14)10-12(16)13-11-2-3-11/h11H,2-10H2,1H3,(H,13,16). The summed E-state index contributed by atoms with van der Waals surface area (Å²) < 4.78 is 5.07. The third kappa shape index (κ3) is 4.61. The van der Waals surface area contributed by atoms with Gasteiger partial charge in [0.05, 0.1) is 13.2 Å². The van der Waals surface area contributed by atoms with Crippen LogP contribution in [0.2, 0.25) is 0 Å². The minimum atomic E-state index is 0.192. The highest BCUT2D eigenvalue weighted by molar-refractivity contribution is 5.78. The van der Waals surface area contributed by atoms with Crippen LogP contribution in [0.3, 0.4) is 0 Å². The lowest BCUT2D eigenvalue weighted by atomic mass is 10.3. The monoisotopic (exact) mass is 241 g/mol. The van der Waals surface area contributed by atoms with Gasteiger partial charge in [0.15, 0.2) is 0 Å². The molecular weight excluding hydrogens is 218 g/mol. The molecule has 0 aromatic carbocycles. The molecule has 1 aliphatic carbocycles. The zero-order valence-corrected chi connectivity index (χ0v) is 10.7. The van der Waals surface area contributed by atoms with Crippen LogP contribution in [0.5, 0.6) is 0 Å². The predicted octanol–water partition coefficient (Wildman–Crippen LogP) is -0.471. The maximum atomic E-state index is 11.6. The van der Waals surface area contributed by atoms with Crippen LogP contribution < -0.4 is 5.32 Å². The Morgan fingerprint density at radius 2 is 1.88 bits per heavy atom. The summed E-state index contributed by atoms with van der Waals surface area (Å²) in [5.41, 5.74) is 0. The number of hydrogen-bond donors (Lipinski definition) is 1. The molecule has 0 radical (unpaired) electrons. The molecule has 1 saturated heterocycles. The van der Waals surface area contributed by atoms with Gasteiger partial charge in [0, 0.05) is 45.9 Å². The Labute approximate surface area is 103 Å². The van der Waals surface area contributed by atoms with Crippen molar-refractivity contribution in [1.29, 1.82) is 0 Å². The maximum Gasteiger partial charge on any atom is 0.234 e. The first-order valence-corrected chi connectivity index (χ1v) is 6.51. The van der Waals surface area contributed by atoms with Gasteiger partial charge in [0.2, 0.25) is 5.91 Å². The molecule has 1 N–H and O–H groups in total. The molecule has 0 bridgehead atoms. The summed E-state index contributed by atoms with van der Waals surface area (Å²) in [4.78, 5) is 16.3. The molecule has 2 fully saturated rings. The van der Waals surface area contributed by atoms with E-state index < -0.39 is 0 Å². The largest absolute Gasteiger partial charge is 0.383 e. The second-order valence-corrected chi connectivity index (χ2v) is 4.95. The fourth-order valence-corrected chi connectivity index (χ4v) is 2.10.